The van der Waals surface area contributed by atoms with Gasteiger partial charge in [0.1, 0.15) is 12.0 Å². The summed E-state index contributed by atoms with van der Waals surface area (Å²) < 4.78 is 16.5. The minimum absolute atomic E-state index is 0.260. The third-order valence-corrected chi connectivity index (χ3v) is 1.49. The van der Waals surface area contributed by atoms with Gasteiger partial charge in [-0.1, -0.05) is 18.2 Å². The molecule has 1 rings (SSSR count). The maximum Gasteiger partial charge on any atom is 0.228 e. The summed E-state index contributed by atoms with van der Waals surface area (Å²) in [5, 5.41) is 0. The highest BCUT2D eigenvalue weighted by atomic mass is 19.1. The zero-order valence-corrected chi connectivity index (χ0v) is 6.50. The van der Waals surface area contributed by atoms with E-state index in [0.717, 1.165) is 6.29 Å². The number of carbonyl (C=O) groups is 1. The Bertz CT molecular complexity index is 260. The van der Waals surface area contributed by atoms with Gasteiger partial charge in [0.25, 0.3) is 0 Å². The molecule has 0 fully saturated rings. The summed E-state index contributed by atoms with van der Waals surface area (Å²) >= 11 is 0. The van der Waals surface area contributed by atoms with Crippen molar-refractivity contribution in [3.05, 3.63) is 29.8 Å². The van der Waals surface area contributed by atoms with Crippen LogP contribution in [-0.4, -0.2) is 13.1 Å². The van der Waals surface area contributed by atoms with Crippen LogP contribution < -0.4 is 4.74 Å². The standard InChI is InChI=1S/C9H9FO2/c10-7-12-9-4-2-1-3-8(9)5-6-11/h1-4,6H,5,7H2. The second-order valence-electron chi connectivity index (χ2n) is 2.23. The number of halogens is 1. The predicted octanol–water partition coefficient (Wildman–Crippen LogP) is 1.73. The number of rotatable bonds is 4. The molecule has 0 atom stereocenters. The van der Waals surface area contributed by atoms with E-state index in [2.05, 4.69) is 4.74 Å². The number of alkyl halides is 1. The Balaban J connectivity index is 2.83. The fourth-order valence-electron chi connectivity index (χ4n) is 0.962. The first kappa shape index (κ1) is 8.71. The van der Waals surface area contributed by atoms with Crippen molar-refractivity contribution in [2.24, 2.45) is 0 Å². The Labute approximate surface area is 70.0 Å². The van der Waals surface area contributed by atoms with E-state index in [4.69, 9.17) is 0 Å². The maximum atomic E-state index is 11.8. The molecule has 0 saturated carbocycles. The average molecular weight is 168 g/mol. The molecule has 0 unspecified atom stereocenters. The van der Waals surface area contributed by atoms with Gasteiger partial charge < -0.3 is 9.53 Å². The zero-order valence-electron chi connectivity index (χ0n) is 6.50. The van der Waals surface area contributed by atoms with E-state index in [1.165, 1.54) is 0 Å². The third-order valence-electron chi connectivity index (χ3n) is 1.49. The molecule has 12 heavy (non-hydrogen) atoms. The van der Waals surface area contributed by atoms with Crippen molar-refractivity contribution < 1.29 is 13.9 Å². The molecule has 0 heterocycles. The van der Waals surface area contributed by atoms with E-state index in [1.807, 2.05) is 0 Å². The van der Waals surface area contributed by atoms with Crippen molar-refractivity contribution in [1.82, 2.24) is 0 Å². The van der Waals surface area contributed by atoms with E-state index in [9.17, 15) is 9.18 Å². The highest BCUT2D eigenvalue weighted by Gasteiger charge is 2.00. The van der Waals surface area contributed by atoms with Gasteiger partial charge in [-0.25, -0.2) is 4.39 Å². The van der Waals surface area contributed by atoms with Crippen LogP contribution >= 0.6 is 0 Å². The average Bonchev–Trinajstić information content (AvgIpc) is 2.09. The van der Waals surface area contributed by atoms with Crippen molar-refractivity contribution >= 4 is 6.29 Å². The molecule has 0 amide bonds. The van der Waals surface area contributed by atoms with Crippen LogP contribution in [0.25, 0.3) is 0 Å². The number of hydrogen-bond acceptors (Lipinski definition) is 2. The lowest BCUT2D eigenvalue weighted by atomic mass is 10.1. The number of aldehydes is 1. The third kappa shape index (κ3) is 2.05. The molecule has 3 heteroatoms. The highest BCUT2D eigenvalue weighted by Crippen LogP contribution is 2.17. The molecule has 2 nitrogen and oxygen atoms in total. The molecule has 0 aliphatic rings. The van der Waals surface area contributed by atoms with Crippen LogP contribution in [0.3, 0.4) is 0 Å². The van der Waals surface area contributed by atoms with Gasteiger partial charge in [0, 0.05) is 12.0 Å². The van der Waals surface area contributed by atoms with Crippen LogP contribution in [0, 0.1) is 0 Å². The second kappa shape index (κ2) is 4.49. The minimum atomic E-state index is -0.865. The molecule has 1 aromatic rings. The molecule has 1 aromatic carbocycles. The van der Waals surface area contributed by atoms with Crippen molar-refractivity contribution in [3.63, 3.8) is 0 Å². The van der Waals surface area contributed by atoms with Gasteiger partial charge >= 0.3 is 0 Å². The smallest absolute Gasteiger partial charge is 0.228 e. The summed E-state index contributed by atoms with van der Waals surface area (Å²) in [4.78, 5) is 10.2. The lowest BCUT2D eigenvalue weighted by Gasteiger charge is -2.04. The second-order valence-corrected chi connectivity index (χ2v) is 2.23. The summed E-state index contributed by atoms with van der Waals surface area (Å²) in [5.74, 6) is 0.437. The molecule has 64 valence electrons. The van der Waals surface area contributed by atoms with Crippen LogP contribution in [0.4, 0.5) is 4.39 Å². The predicted molar refractivity (Wildman–Crippen MR) is 42.8 cm³/mol. The monoisotopic (exact) mass is 168 g/mol. The molecule has 0 bridgehead atoms. The Hall–Kier alpha value is -1.38. The van der Waals surface area contributed by atoms with Gasteiger partial charge in [-0.2, -0.15) is 0 Å². The van der Waals surface area contributed by atoms with Gasteiger partial charge in [0.2, 0.25) is 6.86 Å². The molecular weight excluding hydrogens is 159 g/mol. The van der Waals surface area contributed by atoms with Gasteiger partial charge in [-0.15, -0.1) is 0 Å². The first-order valence-corrected chi connectivity index (χ1v) is 3.58. The van der Waals surface area contributed by atoms with Crippen molar-refractivity contribution in [2.45, 2.75) is 6.42 Å². The number of ether oxygens (including phenoxy) is 1. The summed E-state index contributed by atoms with van der Waals surface area (Å²) in [7, 11) is 0. The quantitative estimate of drug-likeness (QED) is 0.640. The van der Waals surface area contributed by atoms with E-state index < -0.39 is 6.86 Å². The summed E-state index contributed by atoms with van der Waals surface area (Å²) in [6, 6.07) is 6.89. The van der Waals surface area contributed by atoms with Gasteiger partial charge in [-0.05, 0) is 6.07 Å². The zero-order chi connectivity index (χ0) is 8.81. The summed E-state index contributed by atoms with van der Waals surface area (Å²) in [5.41, 5.74) is 0.713. The van der Waals surface area contributed by atoms with Crippen LogP contribution in [0.5, 0.6) is 5.75 Å². The van der Waals surface area contributed by atoms with Crippen LogP contribution in [0.15, 0.2) is 24.3 Å². The van der Waals surface area contributed by atoms with Crippen LogP contribution in [0.1, 0.15) is 5.56 Å². The molecular formula is C9H9FO2. The first-order valence-electron chi connectivity index (χ1n) is 3.58. The van der Waals surface area contributed by atoms with Crippen molar-refractivity contribution in [3.8, 4) is 5.75 Å². The SMILES string of the molecule is O=CCc1ccccc1OCF. The van der Waals surface area contributed by atoms with Crippen molar-refractivity contribution in [1.29, 1.82) is 0 Å². The molecule has 0 saturated heterocycles. The van der Waals surface area contributed by atoms with E-state index in [-0.39, 0.29) is 6.42 Å². The Morgan fingerprint density at radius 1 is 1.42 bits per heavy atom. The number of carbonyl (C=O) groups excluding carboxylic acids is 1. The van der Waals surface area contributed by atoms with E-state index >= 15 is 0 Å². The Morgan fingerprint density at radius 3 is 2.83 bits per heavy atom. The highest BCUT2D eigenvalue weighted by molar-refractivity contribution is 5.57. The maximum absolute atomic E-state index is 11.8. The van der Waals surface area contributed by atoms with Crippen molar-refractivity contribution in [2.75, 3.05) is 6.86 Å². The fourth-order valence-corrected chi connectivity index (χ4v) is 0.962. The number of hydrogen-bond donors (Lipinski definition) is 0. The van der Waals surface area contributed by atoms with Gasteiger partial charge in [-0.3, -0.25) is 0 Å². The molecule has 0 radical (unpaired) electrons. The Morgan fingerprint density at radius 2 is 2.17 bits per heavy atom. The summed E-state index contributed by atoms with van der Waals surface area (Å²) in [6.07, 6.45) is 1.02. The lowest BCUT2D eigenvalue weighted by molar-refractivity contribution is -0.107. The number of benzene rings is 1. The van der Waals surface area contributed by atoms with Crippen LogP contribution in [0.2, 0.25) is 0 Å². The molecule has 0 N–H and O–H groups in total. The topological polar surface area (TPSA) is 26.3 Å². The minimum Gasteiger partial charge on any atom is -0.463 e. The molecule has 0 aromatic heterocycles. The van der Waals surface area contributed by atoms with Gasteiger partial charge in [0.05, 0.1) is 0 Å². The Kier molecular flexibility index (Phi) is 3.26. The summed E-state index contributed by atoms with van der Waals surface area (Å²) in [6.45, 7) is -0.865. The van der Waals surface area contributed by atoms with E-state index in [0.29, 0.717) is 11.3 Å². The van der Waals surface area contributed by atoms with Gasteiger partial charge in [0.15, 0.2) is 0 Å². The normalized spacial score (nSPS) is 9.42. The van der Waals surface area contributed by atoms with E-state index in [1.54, 1.807) is 24.3 Å². The molecule has 0 aliphatic heterocycles. The number of para-hydroxylation sites is 1. The molecule has 0 aliphatic carbocycles. The first-order chi connectivity index (χ1) is 5.88. The largest absolute Gasteiger partial charge is 0.463 e. The lowest BCUT2D eigenvalue weighted by Crippen LogP contribution is -1.95. The fraction of sp³-hybridized carbons (Fsp3) is 0.222. The van der Waals surface area contributed by atoms with Crippen LogP contribution in [-0.2, 0) is 11.2 Å². The molecule has 0 spiro atoms.